The van der Waals surface area contributed by atoms with E-state index < -0.39 is 18.9 Å². The molecule has 0 radical (unpaired) electrons. The van der Waals surface area contributed by atoms with E-state index in [0.717, 1.165) is 42.9 Å². The number of aliphatic hydroxyl groups is 3. The number of hydrogen-bond donors (Lipinski definition) is 3. The van der Waals surface area contributed by atoms with Gasteiger partial charge in [-0.05, 0) is 99.7 Å². The molecule has 0 aromatic rings. The lowest BCUT2D eigenvalue weighted by Gasteiger charge is -2.46. The Labute approximate surface area is 223 Å². The summed E-state index contributed by atoms with van der Waals surface area (Å²) in [6.45, 7) is 10.7. The molecular formula is C31H50O6. The van der Waals surface area contributed by atoms with Gasteiger partial charge in [-0.15, -0.1) is 6.58 Å². The minimum Gasteiger partial charge on any atom is -0.462 e. The summed E-state index contributed by atoms with van der Waals surface area (Å²) in [5.74, 6) is 3.83. The van der Waals surface area contributed by atoms with Crippen LogP contribution in [0.25, 0.3) is 0 Å². The largest absolute Gasteiger partial charge is 0.462 e. The van der Waals surface area contributed by atoms with Crippen LogP contribution in [-0.2, 0) is 14.3 Å². The van der Waals surface area contributed by atoms with E-state index >= 15 is 0 Å². The molecule has 3 fully saturated rings. The summed E-state index contributed by atoms with van der Waals surface area (Å²) in [6.07, 6.45) is 16.2. The lowest BCUT2D eigenvalue weighted by atomic mass is 9.60. The number of aliphatic hydroxyl groups excluding tert-OH is 3. The Hall–Kier alpha value is -1.47. The number of carbonyl (C=O) groups is 1. The van der Waals surface area contributed by atoms with Gasteiger partial charge in [0, 0.05) is 11.5 Å². The number of rotatable bonds is 14. The Bertz CT molecular complexity index is 755. The zero-order valence-corrected chi connectivity index (χ0v) is 22.7. The first kappa shape index (κ1) is 30.1. The van der Waals surface area contributed by atoms with E-state index in [-0.39, 0.29) is 36.9 Å². The van der Waals surface area contributed by atoms with E-state index in [0.29, 0.717) is 11.8 Å². The van der Waals surface area contributed by atoms with Gasteiger partial charge in [-0.1, -0.05) is 32.1 Å². The van der Waals surface area contributed by atoms with Crippen LogP contribution >= 0.6 is 0 Å². The topological polar surface area (TPSA) is 96.2 Å². The maximum absolute atomic E-state index is 12.1. The minimum absolute atomic E-state index is 0.0325. The van der Waals surface area contributed by atoms with Crippen molar-refractivity contribution in [3.8, 4) is 0 Å². The van der Waals surface area contributed by atoms with Gasteiger partial charge in [-0.3, -0.25) is 0 Å². The summed E-state index contributed by atoms with van der Waals surface area (Å²) < 4.78 is 11.1. The molecule has 6 atom stereocenters. The van der Waals surface area contributed by atoms with Crippen LogP contribution in [0, 0.1) is 41.4 Å². The molecule has 0 aliphatic heterocycles. The Morgan fingerprint density at radius 2 is 1.49 bits per heavy atom. The highest BCUT2D eigenvalue weighted by molar-refractivity contribution is 5.87. The van der Waals surface area contributed by atoms with Gasteiger partial charge in [0.1, 0.15) is 0 Å². The molecule has 0 aromatic carbocycles. The van der Waals surface area contributed by atoms with Crippen LogP contribution in [0.1, 0.15) is 77.0 Å². The molecule has 37 heavy (non-hydrogen) atoms. The predicted octanol–water partition coefficient (Wildman–Crippen LogP) is 5.18. The van der Waals surface area contributed by atoms with Crippen LogP contribution in [-0.4, -0.2) is 54.0 Å². The molecule has 0 spiro atoms. The smallest absolute Gasteiger partial charge is 0.335 e. The molecule has 3 aliphatic carbocycles. The van der Waals surface area contributed by atoms with Crippen molar-refractivity contribution in [3.05, 3.63) is 37.0 Å². The third-order valence-corrected chi connectivity index (χ3v) is 9.63. The molecule has 0 saturated heterocycles. The molecule has 6 heteroatoms. The van der Waals surface area contributed by atoms with E-state index in [4.69, 9.17) is 9.47 Å². The molecule has 0 heterocycles. The Morgan fingerprint density at radius 1 is 0.865 bits per heavy atom. The maximum atomic E-state index is 12.1. The zero-order valence-electron chi connectivity index (χ0n) is 22.7. The number of ether oxygens (including phenoxy) is 2. The van der Waals surface area contributed by atoms with Gasteiger partial charge < -0.3 is 24.8 Å². The van der Waals surface area contributed by atoms with E-state index in [2.05, 4.69) is 25.8 Å². The molecule has 210 valence electrons. The summed E-state index contributed by atoms with van der Waals surface area (Å²) in [7, 11) is 0. The molecule has 3 saturated carbocycles. The first-order valence-corrected chi connectivity index (χ1v) is 14.5. The summed E-state index contributed by atoms with van der Waals surface area (Å²) >= 11 is 0. The molecule has 0 amide bonds. The first-order chi connectivity index (χ1) is 17.9. The third-order valence-electron chi connectivity index (χ3n) is 9.63. The van der Waals surface area contributed by atoms with Crippen molar-refractivity contribution >= 4 is 5.97 Å². The molecule has 0 aromatic heterocycles. The number of esters is 1. The van der Waals surface area contributed by atoms with Crippen LogP contribution in [0.3, 0.4) is 0 Å². The fourth-order valence-corrected chi connectivity index (χ4v) is 7.20. The Morgan fingerprint density at radius 3 is 2.14 bits per heavy atom. The molecule has 3 aliphatic rings. The van der Waals surface area contributed by atoms with Crippen molar-refractivity contribution in [2.75, 3.05) is 26.4 Å². The highest BCUT2D eigenvalue weighted by Crippen LogP contribution is 2.50. The van der Waals surface area contributed by atoms with Crippen LogP contribution in [0.2, 0.25) is 0 Å². The molecule has 6 nitrogen and oxygen atoms in total. The number of hydrogen-bond acceptors (Lipinski definition) is 6. The van der Waals surface area contributed by atoms with Crippen LogP contribution < -0.4 is 0 Å². The predicted molar refractivity (Wildman–Crippen MR) is 145 cm³/mol. The normalized spacial score (nSPS) is 31.5. The van der Waals surface area contributed by atoms with Gasteiger partial charge in [0.15, 0.2) is 6.29 Å². The van der Waals surface area contributed by atoms with Crippen molar-refractivity contribution in [3.63, 3.8) is 0 Å². The standard InChI is InChI=1S/C31H50O6/c1-4-5-6-23-7-9-24(10-8-23)25-11-12-27-16-28(14-13-26(27)15-25)29(19-36-30(34)21(2)17-32)20-37-31(35)22(3)18-33/h4,23-30,32-34H,1-3,5-20H2. The van der Waals surface area contributed by atoms with Crippen molar-refractivity contribution in [1.29, 1.82) is 0 Å². The Kier molecular flexibility index (Phi) is 12.4. The quantitative estimate of drug-likeness (QED) is 0.127. The molecule has 3 rings (SSSR count). The van der Waals surface area contributed by atoms with Gasteiger partial charge in [0.2, 0.25) is 0 Å². The van der Waals surface area contributed by atoms with Crippen molar-refractivity contribution in [2.24, 2.45) is 41.4 Å². The van der Waals surface area contributed by atoms with Gasteiger partial charge >= 0.3 is 5.97 Å². The lowest BCUT2D eigenvalue weighted by molar-refractivity contribution is -0.145. The van der Waals surface area contributed by atoms with Crippen LogP contribution in [0.15, 0.2) is 37.0 Å². The summed E-state index contributed by atoms with van der Waals surface area (Å²) in [4.78, 5) is 12.1. The molecule has 3 N–H and O–H groups in total. The average Bonchev–Trinajstić information content (AvgIpc) is 2.94. The molecular weight excluding hydrogens is 468 g/mol. The molecule has 0 bridgehead atoms. The van der Waals surface area contributed by atoms with Crippen molar-refractivity contribution in [2.45, 2.75) is 83.3 Å². The van der Waals surface area contributed by atoms with Crippen molar-refractivity contribution < 1.29 is 29.6 Å². The maximum Gasteiger partial charge on any atom is 0.335 e. The highest BCUT2D eigenvalue weighted by atomic mass is 16.6. The SMILES string of the molecule is C=CCCC1CCC(C2CCC3CC(C(COC(=O)C(=C)CO)COC(O)C(=C)CO)CCC3C2)CC1. The number of fused-ring (bicyclic) bond motifs is 1. The summed E-state index contributed by atoms with van der Waals surface area (Å²) in [5, 5.41) is 28.5. The monoisotopic (exact) mass is 518 g/mol. The fraction of sp³-hybridized carbons (Fsp3) is 0.774. The Balaban J connectivity index is 1.52. The third kappa shape index (κ3) is 8.77. The highest BCUT2D eigenvalue weighted by Gasteiger charge is 2.40. The number of carbonyl (C=O) groups excluding carboxylic acids is 1. The number of allylic oxidation sites excluding steroid dienone is 1. The van der Waals surface area contributed by atoms with Crippen LogP contribution in [0.5, 0.6) is 0 Å². The fourth-order valence-electron chi connectivity index (χ4n) is 7.20. The van der Waals surface area contributed by atoms with Gasteiger partial charge in [-0.25, -0.2) is 4.79 Å². The van der Waals surface area contributed by atoms with E-state index in [1.54, 1.807) is 0 Å². The molecule has 6 unspecified atom stereocenters. The summed E-state index contributed by atoms with van der Waals surface area (Å²) in [5.41, 5.74) is 0.242. The average molecular weight is 519 g/mol. The van der Waals surface area contributed by atoms with E-state index in [9.17, 15) is 20.1 Å². The lowest BCUT2D eigenvalue weighted by Crippen LogP contribution is -2.38. The first-order valence-electron chi connectivity index (χ1n) is 14.5. The second kappa shape index (κ2) is 15.2. The van der Waals surface area contributed by atoms with E-state index in [1.807, 2.05) is 0 Å². The minimum atomic E-state index is -1.24. The van der Waals surface area contributed by atoms with Gasteiger partial charge in [0.25, 0.3) is 0 Å². The van der Waals surface area contributed by atoms with Gasteiger partial charge in [-0.2, -0.15) is 0 Å². The van der Waals surface area contributed by atoms with Crippen LogP contribution in [0.4, 0.5) is 0 Å². The zero-order chi connectivity index (χ0) is 26.8. The van der Waals surface area contributed by atoms with Crippen molar-refractivity contribution in [1.82, 2.24) is 0 Å². The second-order valence-corrected chi connectivity index (χ2v) is 11.9. The second-order valence-electron chi connectivity index (χ2n) is 11.9. The summed E-state index contributed by atoms with van der Waals surface area (Å²) in [6, 6.07) is 0. The van der Waals surface area contributed by atoms with Gasteiger partial charge in [0.05, 0.1) is 32.0 Å². The van der Waals surface area contributed by atoms with E-state index in [1.165, 1.54) is 57.8 Å².